The number of hydrogen-bond acceptors (Lipinski definition) is 3. The van der Waals surface area contributed by atoms with E-state index >= 15 is 0 Å². The smallest absolute Gasteiger partial charge is 0.290 e. The van der Waals surface area contributed by atoms with Crippen molar-refractivity contribution in [2.24, 2.45) is 5.92 Å². The van der Waals surface area contributed by atoms with Crippen molar-refractivity contribution in [3.8, 4) is 0 Å². The molecule has 22 heavy (non-hydrogen) atoms. The first-order valence-corrected chi connectivity index (χ1v) is 7.21. The summed E-state index contributed by atoms with van der Waals surface area (Å²) in [7, 11) is 0. The molecule has 0 unspecified atom stereocenters. The van der Waals surface area contributed by atoms with E-state index in [4.69, 9.17) is 4.74 Å². The second-order valence-electron chi connectivity index (χ2n) is 5.49. The Balaban J connectivity index is 1.81. The summed E-state index contributed by atoms with van der Waals surface area (Å²) in [6, 6.07) is 5.69. The van der Waals surface area contributed by atoms with Crippen LogP contribution in [0.1, 0.15) is 11.1 Å². The minimum absolute atomic E-state index is 0.0621. The van der Waals surface area contributed by atoms with Crippen molar-refractivity contribution in [2.75, 3.05) is 5.32 Å². The number of fused-ring (bicyclic) bond motifs is 1. The van der Waals surface area contributed by atoms with E-state index in [1.54, 1.807) is 12.2 Å². The summed E-state index contributed by atoms with van der Waals surface area (Å²) >= 11 is 0. The highest BCUT2D eigenvalue weighted by molar-refractivity contribution is 6.08. The molecule has 1 aliphatic carbocycles. The van der Waals surface area contributed by atoms with Crippen LogP contribution >= 0.6 is 0 Å². The summed E-state index contributed by atoms with van der Waals surface area (Å²) in [5, 5.41) is 2.81. The number of aryl methyl sites for hydroxylation is 1. The van der Waals surface area contributed by atoms with Gasteiger partial charge in [-0.15, -0.1) is 0 Å². The predicted molar refractivity (Wildman–Crippen MR) is 84.3 cm³/mol. The molecule has 0 saturated carbocycles. The monoisotopic (exact) mass is 295 g/mol. The Hall–Kier alpha value is -2.62. The van der Waals surface area contributed by atoms with E-state index in [0.29, 0.717) is 0 Å². The number of allylic oxidation sites excluding steroid dienone is 3. The van der Waals surface area contributed by atoms with E-state index < -0.39 is 12.0 Å². The summed E-state index contributed by atoms with van der Waals surface area (Å²) in [6.45, 7) is 3.92. The average Bonchev–Trinajstić information content (AvgIpc) is 2.52. The van der Waals surface area contributed by atoms with Crippen molar-refractivity contribution >= 4 is 17.4 Å². The zero-order valence-corrected chi connectivity index (χ0v) is 12.5. The van der Waals surface area contributed by atoms with Gasteiger partial charge in [0.15, 0.2) is 11.5 Å². The number of amides is 1. The summed E-state index contributed by atoms with van der Waals surface area (Å²) in [5.41, 5.74) is 2.81. The zero-order valence-electron chi connectivity index (χ0n) is 12.5. The lowest BCUT2D eigenvalue weighted by molar-refractivity contribution is -0.125. The zero-order chi connectivity index (χ0) is 15.7. The topological polar surface area (TPSA) is 55.4 Å². The number of rotatable bonds is 2. The molecule has 4 heteroatoms. The van der Waals surface area contributed by atoms with Gasteiger partial charge in [-0.25, -0.2) is 0 Å². The molecule has 4 nitrogen and oxygen atoms in total. The molecule has 0 bridgehead atoms. The van der Waals surface area contributed by atoms with Gasteiger partial charge >= 0.3 is 0 Å². The van der Waals surface area contributed by atoms with Gasteiger partial charge in [0.2, 0.25) is 0 Å². The molecule has 0 aromatic heterocycles. The molecule has 112 valence electrons. The molecule has 2 aliphatic rings. The lowest BCUT2D eigenvalue weighted by atomic mass is 9.91. The first-order chi connectivity index (χ1) is 10.6. The molecule has 0 radical (unpaired) electrons. The lowest BCUT2D eigenvalue weighted by Crippen LogP contribution is -2.35. The highest BCUT2D eigenvalue weighted by Crippen LogP contribution is 2.26. The molecule has 1 aromatic carbocycles. The summed E-state index contributed by atoms with van der Waals surface area (Å²) < 4.78 is 5.66. The Morgan fingerprint density at radius 1 is 1.18 bits per heavy atom. The number of nitrogens with one attached hydrogen (secondary N) is 1. The second-order valence-corrected chi connectivity index (χ2v) is 5.49. The van der Waals surface area contributed by atoms with Crippen molar-refractivity contribution in [3.05, 3.63) is 65.5 Å². The van der Waals surface area contributed by atoms with Gasteiger partial charge < -0.3 is 10.1 Å². The fourth-order valence-electron chi connectivity index (χ4n) is 2.55. The van der Waals surface area contributed by atoms with Gasteiger partial charge in [-0.3, -0.25) is 9.59 Å². The van der Waals surface area contributed by atoms with Crippen LogP contribution in [0, 0.1) is 19.8 Å². The van der Waals surface area contributed by atoms with Crippen molar-refractivity contribution in [1.82, 2.24) is 0 Å². The summed E-state index contributed by atoms with van der Waals surface area (Å²) in [4.78, 5) is 24.4. The average molecular weight is 295 g/mol. The van der Waals surface area contributed by atoms with Crippen LogP contribution in [0.2, 0.25) is 0 Å². The van der Waals surface area contributed by atoms with Crippen LogP contribution in [-0.4, -0.2) is 17.8 Å². The predicted octanol–water partition coefficient (Wildman–Crippen LogP) is 2.84. The van der Waals surface area contributed by atoms with Crippen LogP contribution in [0.3, 0.4) is 0 Å². The SMILES string of the molecule is Cc1cccc(NC(=O)C2=CC(=O)[C@H]3C=CC=C[C@H]3O2)c1C. The number of anilines is 1. The molecule has 3 rings (SSSR count). The van der Waals surface area contributed by atoms with Gasteiger partial charge in [0, 0.05) is 11.8 Å². The third-order valence-corrected chi connectivity index (χ3v) is 4.03. The molecular formula is C18H17NO3. The molecule has 2 atom stereocenters. The number of carbonyl (C=O) groups is 2. The number of carbonyl (C=O) groups excluding carboxylic acids is 2. The van der Waals surface area contributed by atoms with Crippen LogP contribution in [0.25, 0.3) is 0 Å². The molecule has 1 aliphatic heterocycles. The fraction of sp³-hybridized carbons (Fsp3) is 0.222. The van der Waals surface area contributed by atoms with Crippen LogP contribution in [0.5, 0.6) is 0 Å². The Morgan fingerprint density at radius 2 is 1.95 bits per heavy atom. The van der Waals surface area contributed by atoms with Gasteiger partial charge in [0.05, 0.1) is 5.92 Å². The Bertz CT molecular complexity index is 728. The number of hydrogen-bond donors (Lipinski definition) is 1. The van der Waals surface area contributed by atoms with Crippen LogP contribution in [-0.2, 0) is 14.3 Å². The molecule has 0 fully saturated rings. The summed E-state index contributed by atoms with van der Waals surface area (Å²) in [5.74, 6) is -0.777. The molecular weight excluding hydrogens is 278 g/mol. The van der Waals surface area contributed by atoms with Gasteiger partial charge in [-0.05, 0) is 37.1 Å². The van der Waals surface area contributed by atoms with Crippen molar-refractivity contribution in [3.63, 3.8) is 0 Å². The summed E-state index contributed by atoms with van der Waals surface area (Å²) in [6.07, 6.45) is 8.11. The highest BCUT2D eigenvalue weighted by Gasteiger charge is 2.33. The molecule has 1 aromatic rings. The maximum absolute atomic E-state index is 12.4. The molecule has 1 heterocycles. The van der Waals surface area contributed by atoms with Crippen molar-refractivity contribution < 1.29 is 14.3 Å². The quantitative estimate of drug-likeness (QED) is 0.912. The highest BCUT2D eigenvalue weighted by atomic mass is 16.5. The lowest BCUT2D eigenvalue weighted by Gasteiger charge is -2.28. The minimum Gasteiger partial charge on any atom is -0.479 e. The third-order valence-electron chi connectivity index (χ3n) is 4.03. The van der Waals surface area contributed by atoms with Crippen LogP contribution in [0.4, 0.5) is 5.69 Å². The largest absolute Gasteiger partial charge is 0.479 e. The maximum atomic E-state index is 12.4. The first kappa shape index (κ1) is 14.3. The van der Waals surface area contributed by atoms with E-state index in [2.05, 4.69) is 5.32 Å². The maximum Gasteiger partial charge on any atom is 0.290 e. The minimum atomic E-state index is -0.401. The van der Waals surface area contributed by atoms with Crippen LogP contribution < -0.4 is 5.32 Å². The number of ether oxygens (including phenoxy) is 1. The van der Waals surface area contributed by atoms with Crippen molar-refractivity contribution in [1.29, 1.82) is 0 Å². The second kappa shape index (κ2) is 5.64. The number of ketones is 1. The molecule has 1 amide bonds. The first-order valence-electron chi connectivity index (χ1n) is 7.21. The van der Waals surface area contributed by atoms with E-state index in [0.717, 1.165) is 16.8 Å². The van der Waals surface area contributed by atoms with Gasteiger partial charge in [0.1, 0.15) is 6.10 Å². The third kappa shape index (κ3) is 2.60. The number of benzene rings is 1. The van der Waals surface area contributed by atoms with E-state index in [1.807, 2.05) is 44.2 Å². The van der Waals surface area contributed by atoms with E-state index in [9.17, 15) is 9.59 Å². The van der Waals surface area contributed by atoms with Gasteiger partial charge in [-0.2, -0.15) is 0 Å². The van der Waals surface area contributed by atoms with E-state index in [-0.39, 0.29) is 17.5 Å². The normalized spacial score (nSPS) is 22.6. The fourth-order valence-corrected chi connectivity index (χ4v) is 2.55. The standard InChI is InChI=1S/C18H17NO3/c1-11-6-5-8-14(12(11)2)19-18(21)17-10-15(20)13-7-3-4-9-16(13)22-17/h3-10,13,16H,1-2H3,(H,19,21)/t13-,16-/m1/s1. The van der Waals surface area contributed by atoms with Crippen LogP contribution in [0.15, 0.2) is 54.3 Å². The molecule has 0 saturated heterocycles. The van der Waals surface area contributed by atoms with Gasteiger partial charge in [-0.1, -0.05) is 30.4 Å². The molecule has 1 N–H and O–H groups in total. The Morgan fingerprint density at radius 3 is 2.77 bits per heavy atom. The van der Waals surface area contributed by atoms with Crippen molar-refractivity contribution in [2.45, 2.75) is 20.0 Å². The molecule has 0 spiro atoms. The Kier molecular flexibility index (Phi) is 3.67. The van der Waals surface area contributed by atoms with Gasteiger partial charge in [0.25, 0.3) is 5.91 Å². The van der Waals surface area contributed by atoms with E-state index in [1.165, 1.54) is 6.08 Å². The Labute approximate surface area is 129 Å².